The van der Waals surface area contributed by atoms with Gasteiger partial charge in [-0.25, -0.2) is 19.9 Å². The van der Waals surface area contributed by atoms with E-state index in [9.17, 15) is 0 Å². The Kier molecular flexibility index (Phi) is 131. The fourth-order valence-electron chi connectivity index (χ4n) is 11.4. The van der Waals surface area contributed by atoms with E-state index < -0.39 is 0 Å². The molecular weight excluding hydrogens is 1720 g/mol. The third kappa shape index (κ3) is 70.1. The van der Waals surface area contributed by atoms with Crippen molar-refractivity contribution in [2.45, 2.75) is 353 Å². The van der Waals surface area contributed by atoms with Gasteiger partial charge in [0.05, 0.1) is 47.3 Å². The van der Waals surface area contributed by atoms with Crippen LogP contribution in [0.3, 0.4) is 0 Å². The summed E-state index contributed by atoms with van der Waals surface area (Å²) in [6, 6.07) is 79.7. The molecule has 0 unspecified atom stereocenters. The molecule has 11 heterocycles. The molecule has 5 aliphatic rings. The lowest BCUT2D eigenvalue weighted by Gasteiger charge is -2.16. The van der Waals surface area contributed by atoms with Gasteiger partial charge in [-0.15, -0.1) is 11.8 Å². The van der Waals surface area contributed by atoms with Crippen molar-refractivity contribution in [3.63, 3.8) is 0 Å². The van der Waals surface area contributed by atoms with Crippen molar-refractivity contribution in [1.29, 1.82) is 0 Å². The number of nitrogens with zero attached hydrogens (tertiary/aromatic N) is 11. The van der Waals surface area contributed by atoms with Crippen LogP contribution in [0.5, 0.6) is 5.75 Å². The summed E-state index contributed by atoms with van der Waals surface area (Å²) in [5.41, 5.74) is 16.1. The first kappa shape index (κ1) is 148. The molecule has 0 bridgehead atoms. The number of hydrogen-bond acceptors (Lipinski definition) is 15. The standard InChI is InChI=1S/2C9H11N.C9H10O.C9H10S.5C8H6N2.C8H9N.20C2H6/c1-2-6-9-8(4-1)5-3-7-10-9;1-2-4-9-7-10-6-5-8(9)3-1;2*1-2-6-9-8(4-1)5-3-7-10-9;1-3-7-4-2-6-10-8(7)9-5-1;1-2-4-8-7(3-1)5-9-6-10-8;1-2-4-8-6-10-9-5-7(8)3-1;1-2-4-8-7(3-1)9-5-6-10-8;1-2-4-8-7(3-1)5-6-9-10-8;1-3-7-4-2-6-9-8(7)5-1;20*1-2/h1-2,4,6,10H,3,5,7H2;1-4,10H,5-7H2;2*1-2,4,6H,3,5,7H2;5*1-6H;2,4,6H,1,3,5H2;20*1-2H3. The summed E-state index contributed by atoms with van der Waals surface area (Å²) in [6.07, 6.45) is 29.7. The van der Waals surface area contributed by atoms with Gasteiger partial charge >= 0.3 is 0 Å². The molecule has 15 heteroatoms. The minimum absolute atomic E-state index is 0.810. The third-order valence-corrected chi connectivity index (χ3v) is 17.7. The second kappa shape index (κ2) is 123. The van der Waals surface area contributed by atoms with Gasteiger partial charge < -0.3 is 15.4 Å². The van der Waals surface area contributed by atoms with Crippen molar-refractivity contribution in [3.8, 4) is 5.75 Å². The minimum Gasteiger partial charge on any atom is -0.493 e. The van der Waals surface area contributed by atoms with Gasteiger partial charge in [-0.2, -0.15) is 20.4 Å². The molecule has 7 aromatic heterocycles. The molecule has 15 aromatic rings. The number of para-hydroxylation sites is 5. The quantitative estimate of drug-likeness (QED) is 0.147. The number of pyridine rings is 3. The summed E-state index contributed by atoms with van der Waals surface area (Å²) >= 11 is 1.99. The largest absolute Gasteiger partial charge is 0.493 e. The number of benzene rings is 8. The van der Waals surface area contributed by atoms with Gasteiger partial charge in [0, 0.05) is 93.5 Å². The molecule has 8 aromatic carbocycles. The van der Waals surface area contributed by atoms with Crippen molar-refractivity contribution in [2.75, 3.05) is 30.8 Å². The number of fused-ring (bicyclic) bond motifs is 10. The number of nitrogens with one attached hydrogen (secondary N) is 2. The Hall–Kier alpha value is -11.3. The van der Waals surface area contributed by atoms with E-state index in [1.807, 2.05) is 447 Å². The minimum atomic E-state index is 0.810. The molecule has 139 heavy (non-hydrogen) atoms. The zero-order valence-corrected chi connectivity index (χ0v) is 96.4. The zero-order chi connectivity index (χ0) is 107. The smallest absolute Gasteiger partial charge is 0.159 e. The average Bonchev–Trinajstić information content (AvgIpc) is 1.68. The summed E-state index contributed by atoms with van der Waals surface area (Å²) in [6.45, 7) is 84.2. The lowest BCUT2D eigenvalue weighted by Crippen LogP contribution is -2.23. The van der Waals surface area contributed by atoms with Crippen molar-refractivity contribution >= 4 is 72.1 Å². The Morgan fingerprint density at radius 2 is 0.669 bits per heavy atom. The second-order valence-corrected chi connectivity index (χ2v) is 24.5. The highest BCUT2D eigenvalue weighted by atomic mass is 32.2. The Bertz CT molecular complexity index is 3830. The first-order valence-electron chi connectivity index (χ1n) is 53.9. The number of anilines is 1. The van der Waals surface area contributed by atoms with Crippen LogP contribution in [0.25, 0.3) is 54.6 Å². The zero-order valence-electron chi connectivity index (χ0n) is 95.6. The first-order valence-corrected chi connectivity index (χ1v) is 54.9. The predicted octanol–water partition coefficient (Wildman–Crippen LogP) is 38.4. The van der Waals surface area contributed by atoms with E-state index in [2.05, 4.69) is 157 Å². The fraction of sp³-hybridized carbons (Fsp3) is 0.444. The normalized spacial score (nSPS) is 10.1. The monoisotopic (exact) mass is 1920 g/mol. The molecule has 20 rings (SSSR count). The van der Waals surface area contributed by atoms with Crippen molar-refractivity contribution in [1.82, 2.24) is 60.6 Å². The summed E-state index contributed by atoms with van der Waals surface area (Å²) in [7, 11) is 0. The predicted molar refractivity (Wildman–Crippen MR) is 632 cm³/mol. The lowest BCUT2D eigenvalue weighted by atomic mass is 10.0. The Balaban J connectivity index is -0.000000160. The molecule has 4 aliphatic heterocycles. The van der Waals surface area contributed by atoms with E-state index in [1.165, 1.54) is 108 Å². The highest BCUT2D eigenvalue weighted by Gasteiger charge is 2.11. The number of aryl methyl sites for hydroxylation is 5. The van der Waals surface area contributed by atoms with Crippen LogP contribution in [0.1, 0.15) is 342 Å². The summed E-state index contributed by atoms with van der Waals surface area (Å²) < 4.78 is 5.42. The van der Waals surface area contributed by atoms with Crippen LogP contribution < -0.4 is 15.4 Å². The molecule has 1 aliphatic carbocycles. The molecular formula is C124H201N13OS. The van der Waals surface area contributed by atoms with Crippen molar-refractivity contribution in [2.24, 2.45) is 0 Å². The van der Waals surface area contributed by atoms with E-state index in [1.54, 1.807) is 55.3 Å². The van der Waals surface area contributed by atoms with Crippen LogP contribution in [-0.2, 0) is 45.1 Å². The molecule has 0 atom stereocenters. The maximum absolute atomic E-state index is 5.42. The van der Waals surface area contributed by atoms with Crippen LogP contribution in [0, 0.1) is 0 Å². The maximum atomic E-state index is 5.42. The van der Waals surface area contributed by atoms with Crippen LogP contribution in [0.4, 0.5) is 5.69 Å². The van der Waals surface area contributed by atoms with Gasteiger partial charge in [0.1, 0.15) is 12.1 Å². The molecule has 0 amide bonds. The summed E-state index contributed by atoms with van der Waals surface area (Å²) in [5, 5.41) is 27.5. The topological polar surface area (TPSA) is 175 Å². The number of hydrogen-bond donors (Lipinski definition) is 2. The second-order valence-electron chi connectivity index (χ2n) is 23.4. The lowest BCUT2D eigenvalue weighted by molar-refractivity contribution is 0.288. The van der Waals surface area contributed by atoms with Crippen molar-refractivity contribution < 1.29 is 4.74 Å². The number of rotatable bonds is 0. The van der Waals surface area contributed by atoms with E-state index in [4.69, 9.17) is 4.74 Å². The van der Waals surface area contributed by atoms with Gasteiger partial charge in [-0.05, 0) is 189 Å². The average molecular weight is 1920 g/mol. The van der Waals surface area contributed by atoms with E-state index >= 15 is 0 Å². The van der Waals surface area contributed by atoms with Crippen molar-refractivity contribution in [3.05, 3.63) is 338 Å². The molecule has 0 saturated heterocycles. The van der Waals surface area contributed by atoms with Gasteiger partial charge in [-0.1, -0.05) is 435 Å². The Labute approximate surface area is 858 Å². The summed E-state index contributed by atoms with van der Waals surface area (Å²) in [4.78, 5) is 30.1. The molecule has 2 N–H and O–H groups in total. The van der Waals surface area contributed by atoms with E-state index in [-0.39, 0.29) is 0 Å². The number of aromatic nitrogens is 11. The number of thioether (sulfide) groups is 1. The van der Waals surface area contributed by atoms with E-state index in [0.29, 0.717) is 0 Å². The van der Waals surface area contributed by atoms with E-state index in [0.717, 1.165) is 93.1 Å². The van der Waals surface area contributed by atoms with Gasteiger partial charge in [-0.3, -0.25) is 15.0 Å². The van der Waals surface area contributed by atoms with Crippen LogP contribution in [0.15, 0.2) is 304 Å². The highest BCUT2D eigenvalue weighted by Crippen LogP contribution is 2.29. The van der Waals surface area contributed by atoms with Crippen LogP contribution in [-0.4, -0.2) is 80.7 Å². The Morgan fingerprint density at radius 3 is 1.17 bits per heavy atom. The molecule has 0 spiro atoms. The maximum Gasteiger partial charge on any atom is 0.159 e. The van der Waals surface area contributed by atoms with Gasteiger partial charge in [0.25, 0.3) is 0 Å². The fourth-order valence-corrected chi connectivity index (χ4v) is 12.4. The first-order chi connectivity index (χ1) is 69.2. The van der Waals surface area contributed by atoms with Gasteiger partial charge in [0.2, 0.25) is 0 Å². The molecule has 0 fully saturated rings. The third-order valence-electron chi connectivity index (χ3n) is 16.5. The van der Waals surface area contributed by atoms with Gasteiger partial charge in [0.15, 0.2) is 5.65 Å². The number of ether oxygens (including phenoxy) is 1. The molecule has 14 nitrogen and oxygen atoms in total. The Morgan fingerprint density at radius 1 is 0.259 bits per heavy atom. The molecule has 0 saturated carbocycles. The highest BCUT2D eigenvalue weighted by molar-refractivity contribution is 7.99. The van der Waals surface area contributed by atoms with Crippen LogP contribution >= 0.6 is 11.8 Å². The van der Waals surface area contributed by atoms with Crippen LogP contribution in [0.2, 0.25) is 0 Å². The SMILES string of the molecule is CC.CC.CC.CC.CC.CC.CC.CC.CC.CC.CC.CC.CC.CC.CC.CC.CC.CC.CC.CC.c1ccc2c(c1)CCCN2.c1ccc2c(c1)CCCO2.c1ccc2c(c1)CCCS2.c1ccc2c(c1)CCNC2.c1ccc2cnncc2c1.c1ccc2nccnc2c1.c1ccc2ncncc2c1.c1ccc2nnccc2c1.c1cnc2c(c1)CCC2.c1cnc2ncccc2c1. The molecule has 774 valence electrons. The molecule has 0 radical (unpaired) electrons. The summed E-state index contributed by atoms with van der Waals surface area (Å²) in [5.74, 6) is 2.38.